The van der Waals surface area contributed by atoms with Gasteiger partial charge in [0.25, 0.3) is 0 Å². The average molecular weight is 214 g/mol. The molecule has 0 spiro atoms. The first-order chi connectivity index (χ1) is 6.54. The highest BCUT2D eigenvalue weighted by Crippen LogP contribution is 2.23. The molecule has 1 aromatic rings. The lowest BCUT2D eigenvalue weighted by Crippen LogP contribution is -2.07. The van der Waals surface area contributed by atoms with Crippen molar-refractivity contribution < 1.29 is 4.74 Å². The van der Waals surface area contributed by atoms with Gasteiger partial charge in [0.1, 0.15) is 5.15 Å². The van der Waals surface area contributed by atoms with Crippen LogP contribution in [-0.4, -0.2) is 11.1 Å². The fourth-order valence-electron chi connectivity index (χ4n) is 1.36. The molecule has 0 aliphatic heterocycles. The van der Waals surface area contributed by atoms with Crippen LogP contribution in [0.25, 0.3) is 0 Å². The fourth-order valence-corrected chi connectivity index (χ4v) is 1.72. The molecule has 1 aromatic heterocycles. The van der Waals surface area contributed by atoms with Crippen LogP contribution < -0.4 is 4.74 Å². The Labute approximate surface area is 90.3 Å². The van der Waals surface area contributed by atoms with E-state index in [2.05, 4.69) is 11.9 Å². The Bertz CT molecular complexity index is 300. The standard InChI is InChI=1S/C11H16ClNO/c1-5-9-8(4)6-10(13-11(9)12)14-7(2)3/h6-7H,5H2,1-4H3. The number of nitrogens with zero attached hydrogens (tertiary/aromatic N) is 1. The predicted molar refractivity (Wildman–Crippen MR) is 59.1 cm³/mol. The number of hydrogen-bond acceptors (Lipinski definition) is 2. The third kappa shape index (κ3) is 2.61. The zero-order valence-corrected chi connectivity index (χ0v) is 9.85. The van der Waals surface area contributed by atoms with Crippen LogP contribution in [0.2, 0.25) is 5.15 Å². The Morgan fingerprint density at radius 2 is 2.14 bits per heavy atom. The van der Waals surface area contributed by atoms with Crippen molar-refractivity contribution in [3.05, 3.63) is 22.3 Å². The third-order valence-electron chi connectivity index (χ3n) is 1.98. The minimum absolute atomic E-state index is 0.130. The molecule has 0 aromatic carbocycles. The van der Waals surface area contributed by atoms with E-state index >= 15 is 0 Å². The highest BCUT2D eigenvalue weighted by Gasteiger charge is 2.08. The first-order valence-electron chi connectivity index (χ1n) is 4.87. The van der Waals surface area contributed by atoms with E-state index in [0.717, 1.165) is 17.5 Å². The molecule has 0 amide bonds. The summed E-state index contributed by atoms with van der Waals surface area (Å²) in [7, 11) is 0. The summed E-state index contributed by atoms with van der Waals surface area (Å²) in [5, 5.41) is 0.558. The molecule has 0 bridgehead atoms. The molecule has 0 fully saturated rings. The van der Waals surface area contributed by atoms with Gasteiger partial charge in [-0.2, -0.15) is 0 Å². The zero-order chi connectivity index (χ0) is 10.7. The van der Waals surface area contributed by atoms with Crippen molar-refractivity contribution in [1.29, 1.82) is 0 Å². The van der Waals surface area contributed by atoms with Crippen LogP contribution in [0.4, 0.5) is 0 Å². The fraction of sp³-hybridized carbons (Fsp3) is 0.545. The van der Waals surface area contributed by atoms with Crippen LogP contribution in [-0.2, 0) is 6.42 Å². The van der Waals surface area contributed by atoms with Crippen molar-refractivity contribution in [2.45, 2.75) is 40.2 Å². The molecule has 0 N–H and O–H groups in total. The summed E-state index contributed by atoms with van der Waals surface area (Å²) in [4.78, 5) is 4.19. The number of rotatable bonds is 3. The molecule has 2 nitrogen and oxygen atoms in total. The molecule has 3 heteroatoms. The monoisotopic (exact) mass is 213 g/mol. The van der Waals surface area contributed by atoms with Crippen molar-refractivity contribution in [1.82, 2.24) is 4.98 Å². The Hall–Kier alpha value is -0.760. The van der Waals surface area contributed by atoms with Gasteiger partial charge in [0.15, 0.2) is 0 Å². The first-order valence-corrected chi connectivity index (χ1v) is 5.25. The van der Waals surface area contributed by atoms with Crippen molar-refractivity contribution in [3.8, 4) is 5.88 Å². The van der Waals surface area contributed by atoms with Gasteiger partial charge in [-0.15, -0.1) is 0 Å². The Morgan fingerprint density at radius 1 is 1.50 bits per heavy atom. The molecule has 1 heterocycles. The topological polar surface area (TPSA) is 22.1 Å². The number of aromatic nitrogens is 1. The number of aryl methyl sites for hydroxylation is 1. The SMILES string of the molecule is CCc1c(C)cc(OC(C)C)nc1Cl. The Balaban J connectivity index is 3.01. The highest BCUT2D eigenvalue weighted by atomic mass is 35.5. The summed E-state index contributed by atoms with van der Waals surface area (Å²) >= 11 is 6.03. The molecule has 0 saturated heterocycles. The summed E-state index contributed by atoms with van der Waals surface area (Å²) in [5.74, 6) is 0.611. The normalized spacial score (nSPS) is 10.7. The van der Waals surface area contributed by atoms with E-state index < -0.39 is 0 Å². The lowest BCUT2D eigenvalue weighted by atomic mass is 10.1. The number of hydrogen-bond donors (Lipinski definition) is 0. The molecule has 14 heavy (non-hydrogen) atoms. The van der Waals surface area contributed by atoms with Crippen LogP contribution in [0.3, 0.4) is 0 Å². The Kier molecular flexibility index (Phi) is 3.76. The largest absolute Gasteiger partial charge is 0.475 e. The molecule has 78 valence electrons. The Morgan fingerprint density at radius 3 is 2.57 bits per heavy atom. The minimum atomic E-state index is 0.130. The molecule has 0 aliphatic carbocycles. The summed E-state index contributed by atoms with van der Waals surface area (Å²) in [6.07, 6.45) is 1.03. The van der Waals surface area contributed by atoms with Crippen molar-refractivity contribution >= 4 is 11.6 Å². The molecule has 0 aliphatic rings. The first kappa shape index (κ1) is 11.3. The van der Waals surface area contributed by atoms with Crippen molar-refractivity contribution in [2.24, 2.45) is 0 Å². The van der Waals surface area contributed by atoms with Crippen LogP contribution in [0.15, 0.2) is 6.07 Å². The van der Waals surface area contributed by atoms with Gasteiger partial charge in [-0.1, -0.05) is 18.5 Å². The van der Waals surface area contributed by atoms with Gasteiger partial charge in [-0.05, 0) is 38.3 Å². The van der Waals surface area contributed by atoms with Crippen molar-refractivity contribution in [3.63, 3.8) is 0 Å². The summed E-state index contributed by atoms with van der Waals surface area (Å²) in [5.41, 5.74) is 2.24. The van der Waals surface area contributed by atoms with Crippen LogP contribution in [0, 0.1) is 6.92 Å². The average Bonchev–Trinajstić information content (AvgIpc) is 2.01. The third-order valence-corrected chi connectivity index (χ3v) is 2.30. The molecule has 1 rings (SSSR count). The number of ether oxygens (including phenoxy) is 1. The second-order valence-electron chi connectivity index (χ2n) is 3.57. The van der Waals surface area contributed by atoms with E-state index in [9.17, 15) is 0 Å². The zero-order valence-electron chi connectivity index (χ0n) is 9.10. The van der Waals surface area contributed by atoms with Gasteiger partial charge in [-0.3, -0.25) is 0 Å². The van der Waals surface area contributed by atoms with E-state index in [4.69, 9.17) is 16.3 Å². The summed E-state index contributed by atoms with van der Waals surface area (Å²) in [6, 6.07) is 1.94. The van der Waals surface area contributed by atoms with E-state index in [1.807, 2.05) is 26.8 Å². The highest BCUT2D eigenvalue weighted by molar-refractivity contribution is 6.30. The van der Waals surface area contributed by atoms with E-state index in [0.29, 0.717) is 11.0 Å². The van der Waals surface area contributed by atoms with Gasteiger partial charge >= 0.3 is 0 Å². The maximum absolute atomic E-state index is 6.03. The van der Waals surface area contributed by atoms with Crippen LogP contribution in [0.5, 0.6) is 5.88 Å². The quantitative estimate of drug-likeness (QED) is 0.719. The smallest absolute Gasteiger partial charge is 0.215 e. The van der Waals surface area contributed by atoms with Gasteiger partial charge < -0.3 is 4.74 Å². The van der Waals surface area contributed by atoms with Crippen LogP contribution in [0.1, 0.15) is 31.9 Å². The second kappa shape index (κ2) is 4.65. The lowest BCUT2D eigenvalue weighted by Gasteiger charge is -2.12. The molecule has 0 radical (unpaired) electrons. The maximum atomic E-state index is 6.03. The van der Waals surface area contributed by atoms with E-state index in [1.165, 1.54) is 0 Å². The summed E-state index contributed by atoms with van der Waals surface area (Å²) in [6.45, 7) is 8.04. The summed E-state index contributed by atoms with van der Waals surface area (Å²) < 4.78 is 5.48. The molecule has 0 saturated carbocycles. The minimum Gasteiger partial charge on any atom is -0.475 e. The molecular weight excluding hydrogens is 198 g/mol. The van der Waals surface area contributed by atoms with Gasteiger partial charge in [0, 0.05) is 6.07 Å². The predicted octanol–water partition coefficient (Wildman–Crippen LogP) is 3.39. The molecular formula is C11H16ClNO. The number of pyridine rings is 1. The second-order valence-corrected chi connectivity index (χ2v) is 3.92. The van der Waals surface area contributed by atoms with E-state index in [-0.39, 0.29) is 6.10 Å². The van der Waals surface area contributed by atoms with E-state index in [1.54, 1.807) is 0 Å². The maximum Gasteiger partial charge on any atom is 0.215 e. The van der Waals surface area contributed by atoms with Gasteiger partial charge in [0.05, 0.1) is 6.10 Å². The van der Waals surface area contributed by atoms with Crippen LogP contribution >= 0.6 is 11.6 Å². The molecule has 0 unspecified atom stereocenters. The van der Waals surface area contributed by atoms with Crippen molar-refractivity contribution in [2.75, 3.05) is 0 Å². The molecule has 0 atom stereocenters. The lowest BCUT2D eigenvalue weighted by molar-refractivity contribution is 0.232. The van der Waals surface area contributed by atoms with Gasteiger partial charge in [0.2, 0.25) is 5.88 Å². The number of halogens is 1. The van der Waals surface area contributed by atoms with Gasteiger partial charge in [-0.25, -0.2) is 4.98 Å².